The predicted molar refractivity (Wildman–Crippen MR) is 116 cm³/mol. The number of aliphatic hydroxyl groups excluding tert-OH is 1. The van der Waals surface area contributed by atoms with Gasteiger partial charge in [-0.3, -0.25) is 14.9 Å². The Morgan fingerprint density at radius 1 is 1.21 bits per heavy atom. The quantitative estimate of drug-likeness (QED) is 0.505. The van der Waals surface area contributed by atoms with Gasteiger partial charge < -0.3 is 10.0 Å². The third-order valence-electron chi connectivity index (χ3n) is 5.25. The summed E-state index contributed by atoms with van der Waals surface area (Å²) in [6.45, 7) is 2.99. The number of hydrogen-bond donors (Lipinski definition) is 2. The van der Waals surface area contributed by atoms with Gasteiger partial charge in [-0.25, -0.2) is 9.67 Å². The summed E-state index contributed by atoms with van der Waals surface area (Å²) in [6, 6.07) is 13.3. The molecule has 4 aromatic rings. The molecule has 29 heavy (non-hydrogen) atoms. The smallest absolute Gasteiger partial charge is 0.280 e. The number of hydrogen-bond acceptors (Lipinski definition) is 5. The lowest BCUT2D eigenvalue weighted by Crippen LogP contribution is -2.28. The predicted octanol–water partition coefficient (Wildman–Crippen LogP) is 3.11. The van der Waals surface area contributed by atoms with E-state index in [9.17, 15) is 9.90 Å². The SMILES string of the molecule is CCCC(CO)CN(C)c1ccc2ncc3c(=O)n(-c4ccccc4)[nH]c3c2n1. The Bertz CT molecular complexity index is 1180. The summed E-state index contributed by atoms with van der Waals surface area (Å²) in [7, 11) is 1.97. The van der Waals surface area contributed by atoms with E-state index < -0.39 is 0 Å². The van der Waals surface area contributed by atoms with Crippen LogP contribution in [0.15, 0.2) is 53.5 Å². The van der Waals surface area contributed by atoms with E-state index in [2.05, 4.69) is 17.0 Å². The number of H-pyrrole nitrogens is 1. The highest BCUT2D eigenvalue weighted by Gasteiger charge is 2.16. The fraction of sp³-hybridized carbons (Fsp3) is 0.318. The lowest BCUT2D eigenvalue weighted by Gasteiger charge is -2.23. The summed E-state index contributed by atoms with van der Waals surface area (Å²) in [5, 5.41) is 13.3. The summed E-state index contributed by atoms with van der Waals surface area (Å²) in [6.07, 6.45) is 3.60. The van der Waals surface area contributed by atoms with Crippen molar-refractivity contribution in [2.24, 2.45) is 5.92 Å². The molecule has 0 amide bonds. The van der Waals surface area contributed by atoms with Crippen LogP contribution in [0.1, 0.15) is 19.8 Å². The van der Waals surface area contributed by atoms with Gasteiger partial charge in [-0.1, -0.05) is 31.5 Å². The standard InChI is InChI=1S/C22H25N5O2/c1-3-7-15(14-28)13-26(2)19-11-10-18-21(24-19)20-17(12-23-18)22(29)27(25-20)16-8-5-4-6-9-16/h4-6,8-12,15,25,28H,3,7,13-14H2,1-2H3. The largest absolute Gasteiger partial charge is 0.396 e. The van der Waals surface area contributed by atoms with E-state index in [0.717, 1.165) is 29.9 Å². The van der Waals surface area contributed by atoms with Crippen LogP contribution in [-0.2, 0) is 0 Å². The molecule has 4 rings (SSSR count). The third-order valence-corrected chi connectivity index (χ3v) is 5.25. The molecule has 0 aliphatic heterocycles. The highest BCUT2D eigenvalue weighted by Crippen LogP contribution is 2.23. The maximum absolute atomic E-state index is 12.9. The first kappa shape index (κ1) is 19.1. The molecule has 0 radical (unpaired) electrons. The first-order chi connectivity index (χ1) is 14.1. The maximum atomic E-state index is 12.9. The van der Waals surface area contributed by atoms with Crippen molar-refractivity contribution in [3.8, 4) is 5.69 Å². The second-order valence-corrected chi connectivity index (χ2v) is 7.39. The van der Waals surface area contributed by atoms with Crippen molar-refractivity contribution >= 4 is 27.8 Å². The van der Waals surface area contributed by atoms with E-state index in [1.165, 1.54) is 4.68 Å². The highest BCUT2D eigenvalue weighted by atomic mass is 16.3. The minimum atomic E-state index is -0.149. The zero-order chi connectivity index (χ0) is 20.4. The molecule has 0 saturated carbocycles. The molecule has 0 aliphatic carbocycles. The molecule has 1 unspecified atom stereocenters. The van der Waals surface area contributed by atoms with Gasteiger partial charge in [-0.2, -0.15) is 0 Å². The monoisotopic (exact) mass is 391 g/mol. The fourth-order valence-corrected chi connectivity index (χ4v) is 3.72. The van der Waals surface area contributed by atoms with Crippen molar-refractivity contribution in [1.82, 2.24) is 19.7 Å². The first-order valence-corrected chi connectivity index (χ1v) is 9.90. The Kier molecular flexibility index (Phi) is 5.31. The summed E-state index contributed by atoms with van der Waals surface area (Å²) in [5.41, 5.74) is 2.68. The minimum Gasteiger partial charge on any atom is -0.396 e. The molecule has 7 heteroatoms. The summed E-state index contributed by atoms with van der Waals surface area (Å²) < 4.78 is 1.52. The molecule has 7 nitrogen and oxygen atoms in total. The number of nitrogens with zero attached hydrogens (tertiary/aromatic N) is 4. The second kappa shape index (κ2) is 8.05. The molecule has 1 aromatic carbocycles. The van der Waals surface area contributed by atoms with E-state index in [1.807, 2.05) is 54.4 Å². The molecule has 3 aromatic heterocycles. The number of aromatic amines is 1. The Morgan fingerprint density at radius 2 is 2.00 bits per heavy atom. The molecule has 3 heterocycles. The topological polar surface area (TPSA) is 87.0 Å². The number of para-hydroxylation sites is 1. The average molecular weight is 391 g/mol. The number of nitrogens with one attached hydrogen (secondary N) is 1. The van der Waals surface area contributed by atoms with Gasteiger partial charge in [0.25, 0.3) is 5.56 Å². The van der Waals surface area contributed by atoms with Crippen LogP contribution in [0.3, 0.4) is 0 Å². The van der Waals surface area contributed by atoms with Crippen LogP contribution < -0.4 is 10.5 Å². The van der Waals surface area contributed by atoms with Crippen LogP contribution in [-0.4, -0.2) is 45.1 Å². The van der Waals surface area contributed by atoms with E-state index >= 15 is 0 Å². The lowest BCUT2D eigenvalue weighted by molar-refractivity contribution is 0.221. The Hall–Kier alpha value is -3.19. The van der Waals surface area contributed by atoms with Crippen molar-refractivity contribution in [3.05, 3.63) is 59.0 Å². The number of anilines is 1. The Morgan fingerprint density at radius 3 is 2.72 bits per heavy atom. The number of aromatic nitrogens is 4. The van der Waals surface area contributed by atoms with Gasteiger partial charge in [0.05, 0.1) is 22.1 Å². The Balaban J connectivity index is 1.79. The summed E-state index contributed by atoms with van der Waals surface area (Å²) >= 11 is 0. The van der Waals surface area contributed by atoms with Crippen LogP contribution in [0.25, 0.3) is 27.6 Å². The van der Waals surface area contributed by atoms with E-state index in [4.69, 9.17) is 4.98 Å². The molecule has 2 N–H and O–H groups in total. The zero-order valence-corrected chi connectivity index (χ0v) is 16.7. The van der Waals surface area contributed by atoms with Gasteiger partial charge >= 0.3 is 0 Å². The second-order valence-electron chi connectivity index (χ2n) is 7.39. The molecule has 0 aliphatic rings. The zero-order valence-electron chi connectivity index (χ0n) is 16.7. The number of fused-ring (bicyclic) bond motifs is 3. The van der Waals surface area contributed by atoms with Crippen LogP contribution >= 0.6 is 0 Å². The van der Waals surface area contributed by atoms with Gasteiger partial charge in [0.15, 0.2) is 0 Å². The van der Waals surface area contributed by atoms with Crippen molar-refractivity contribution in [2.45, 2.75) is 19.8 Å². The molecule has 0 spiro atoms. The molecule has 0 fully saturated rings. The molecular weight excluding hydrogens is 366 g/mol. The maximum Gasteiger partial charge on any atom is 0.280 e. The number of rotatable bonds is 7. The van der Waals surface area contributed by atoms with Crippen LogP contribution in [0, 0.1) is 5.92 Å². The Labute approximate surface area is 168 Å². The van der Waals surface area contributed by atoms with Crippen LogP contribution in [0.2, 0.25) is 0 Å². The first-order valence-electron chi connectivity index (χ1n) is 9.90. The lowest BCUT2D eigenvalue weighted by atomic mass is 10.0. The van der Waals surface area contributed by atoms with Gasteiger partial charge in [0.1, 0.15) is 11.3 Å². The minimum absolute atomic E-state index is 0.149. The highest BCUT2D eigenvalue weighted by molar-refractivity contribution is 6.00. The van der Waals surface area contributed by atoms with Crippen molar-refractivity contribution in [1.29, 1.82) is 0 Å². The van der Waals surface area contributed by atoms with Gasteiger partial charge in [-0.05, 0) is 36.6 Å². The van der Waals surface area contributed by atoms with Crippen molar-refractivity contribution in [3.63, 3.8) is 0 Å². The van der Waals surface area contributed by atoms with Gasteiger partial charge in [0, 0.05) is 26.4 Å². The van der Waals surface area contributed by atoms with E-state index in [1.54, 1.807) is 6.20 Å². The average Bonchev–Trinajstić information content (AvgIpc) is 3.10. The number of aliphatic hydroxyl groups is 1. The number of pyridine rings is 2. The number of benzene rings is 1. The molecule has 0 bridgehead atoms. The molecule has 1 atom stereocenters. The molecular formula is C22H25N5O2. The molecule has 0 saturated heterocycles. The van der Waals surface area contributed by atoms with Crippen LogP contribution in [0.4, 0.5) is 5.82 Å². The molecule has 150 valence electrons. The van der Waals surface area contributed by atoms with Crippen molar-refractivity contribution in [2.75, 3.05) is 25.1 Å². The van der Waals surface area contributed by atoms with E-state index in [-0.39, 0.29) is 18.1 Å². The van der Waals surface area contributed by atoms with E-state index in [0.29, 0.717) is 23.0 Å². The summed E-state index contributed by atoms with van der Waals surface area (Å²) in [5.74, 6) is 0.991. The fourth-order valence-electron chi connectivity index (χ4n) is 3.72. The third kappa shape index (κ3) is 3.61. The van der Waals surface area contributed by atoms with Crippen molar-refractivity contribution < 1.29 is 5.11 Å². The van der Waals surface area contributed by atoms with Crippen LogP contribution in [0.5, 0.6) is 0 Å². The van der Waals surface area contributed by atoms with Gasteiger partial charge in [0.2, 0.25) is 0 Å². The normalized spacial score (nSPS) is 12.5. The van der Waals surface area contributed by atoms with Gasteiger partial charge in [-0.15, -0.1) is 0 Å². The summed E-state index contributed by atoms with van der Waals surface area (Å²) in [4.78, 5) is 24.1.